The highest BCUT2D eigenvalue weighted by atomic mass is 79.9. The fraction of sp³-hybridized carbons (Fsp3) is 0.606. The summed E-state index contributed by atoms with van der Waals surface area (Å²) in [6.45, 7) is 7.06. The Balaban J connectivity index is 1.03. The molecule has 5 saturated heterocycles. The number of urea groups is 2. The monoisotopic (exact) mass is 766 g/mol. The molecule has 8 rings (SSSR count). The van der Waals surface area contributed by atoms with Gasteiger partial charge in [0.1, 0.15) is 6.04 Å². The number of benzene rings is 1. The molecule has 0 saturated carbocycles. The summed E-state index contributed by atoms with van der Waals surface area (Å²) in [5.74, 6) is 0.364. The predicted octanol–water partition coefficient (Wildman–Crippen LogP) is 4.48. The van der Waals surface area contributed by atoms with Gasteiger partial charge in [0.25, 0.3) is 0 Å². The highest BCUT2D eigenvalue weighted by Gasteiger charge is 2.40. The molecule has 5 fully saturated rings. The summed E-state index contributed by atoms with van der Waals surface area (Å²) < 4.78 is 41.6. The molecule has 5 amide bonds. The van der Waals surface area contributed by atoms with Crippen molar-refractivity contribution in [3.63, 3.8) is 0 Å². The summed E-state index contributed by atoms with van der Waals surface area (Å²) in [6.07, 6.45) is -1.26. The van der Waals surface area contributed by atoms with Crippen LogP contribution in [0.3, 0.4) is 0 Å². The first kappa shape index (κ1) is 34.4. The number of nitrogens with one attached hydrogen (secondary N) is 2. The molecule has 4 N–H and O–H groups in total. The van der Waals surface area contributed by atoms with Gasteiger partial charge in [0.2, 0.25) is 5.91 Å². The van der Waals surface area contributed by atoms with Gasteiger partial charge in [-0.05, 0) is 89.8 Å². The van der Waals surface area contributed by atoms with Gasteiger partial charge in [-0.1, -0.05) is 0 Å². The Bertz CT molecular complexity index is 1570. The number of fused-ring (bicyclic) bond motifs is 4. The first-order chi connectivity index (χ1) is 23.4. The molecule has 2 atom stereocenters. The Morgan fingerprint density at radius 1 is 1.02 bits per heavy atom. The first-order valence-electron chi connectivity index (χ1n) is 17.0. The van der Waals surface area contributed by atoms with Gasteiger partial charge < -0.3 is 36.0 Å². The largest absolute Gasteiger partial charge is 0.418 e. The summed E-state index contributed by atoms with van der Waals surface area (Å²) in [6, 6.07) is 3.10. The van der Waals surface area contributed by atoms with Crippen LogP contribution in [0.15, 0.2) is 28.1 Å². The van der Waals surface area contributed by atoms with Crippen molar-refractivity contribution >= 4 is 56.6 Å². The standard InChI is InChI=1S/C33H42BrF3N8O3S/c34-24-16-20(15-23(29(24)38)33(35,36)37)17-26(30(46)43-12-10-42(11-13-43)27-18-41-6-1-21(27)2-7-41)40-31(47)44-8-3-22(4-9-44)45-19-28-25(5-14-49-28)39-32(45)48/h5,14-16,21-22,26-27H,1-4,6-13,17-19,38H2,(H,39,48)(H,40,47)/t26-,27?/m1/s1. The molecule has 2 bridgehead atoms. The smallest absolute Gasteiger partial charge is 0.397 e. The number of thiophene rings is 1. The molecular formula is C33H42BrF3N8O3S. The maximum atomic E-state index is 14.1. The Morgan fingerprint density at radius 3 is 2.39 bits per heavy atom. The number of anilines is 2. The zero-order valence-electron chi connectivity index (χ0n) is 27.2. The van der Waals surface area contributed by atoms with Crippen LogP contribution in [0.5, 0.6) is 0 Å². The summed E-state index contributed by atoms with van der Waals surface area (Å²) in [7, 11) is 0. The molecule has 1 aromatic carbocycles. The van der Waals surface area contributed by atoms with Crippen molar-refractivity contribution in [3.8, 4) is 0 Å². The normalized spacial score (nSPS) is 25.6. The van der Waals surface area contributed by atoms with E-state index in [-0.39, 0.29) is 34.4 Å². The van der Waals surface area contributed by atoms with E-state index in [2.05, 4.69) is 36.4 Å². The van der Waals surface area contributed by atoms with Crippen LogP contribution < -0.4 is 16.4 Å². The van der Waals surface area contributed by atoms with E-state index in [1.165, 1.54) is 18.9 Å². The number of rotatable bonds is 6. The summed E-state index contributed by atoms with van der Waals surface area (Å²) in [4.78, 5) is 51.8. The molecule has 1 unspecified atom stereocenters. The number of carbonyl (C=O) groups excluding carboxylic acids is 3. The number of piperazine rings is 1. The lowest BCUT2D eigenvalue weighted by Gasteiger charge is -2.51. The van der Waals surface area contributed by atoms with Crippen molar-refractivity contribution < 1.29 is 27.6 Å². The van der Waals surface area contributed by atoms with Gasteiger partial charge in [-0.15, -0.1) is 11.3 Å². The van der Waals surface area contributed by atoms with Crippen LogP contribution in [0.2, 0.25) is 0 Å². The molecular weight excluding hydrogens is 725 g/mol. The quantitative estimate of drug-likeness (QED) is 0.374. The molecule has 6 aliphatic heterocycles. The topological polar surface area (TPSA) is 117 Å². The highest BCUT2D eigenvalue weighted by molar-refractivity contribution is 9.10. The van der Waals surface area contributed by atoms with Gasteiger partial charge in [0, 0.05) is 73.7 Å². The zero-order valence-corrected chi connectivity index (χ0v) is 29.6. The third-order valence-electron chi connectivity index (χ3n) is 11.0. The number of amides is 5. The average molecular weight is 768 g/mol. The zero-order chi connectivity index (χ0) is 34.4. The summed E-state index contributed by atoms with van der Waals surface area (Å²) in [5, 5.41) is 7.78. The second-order valence-electron chi connectivity index (χ2n) is 13.8. The minimum Gasteiger partial charge on any atom is -0.397 e. The lowest BCUT2D eigenvalue weighted by molar-refractivity contribution is -0.137. The predicted molar refractivity (Wildman–Crippen MR) is 184 cm³/mol. The number of nitrogens with two attached hydrogens (primary N) is 1. The van der Waals surface area contributed by atoms with Crippen LogP contribution in [-0.2, 0) is 23.9 Å². The van der Waals surface area contributed by atoms with E-state index in [1.54, 1.807) is 21.1 Å². The van der Waals surface area contributed by atoms with Gasteiger partial charge in [-0.2, -0.15) is 13.2 Å². The van der Waals surface area contributed by atoms with Gasteiger partial charge in [0.05, 0.1) is 23.5 Å². The van der Waals surface area contributed by atoms with Crippen LogP contribution in [0.4, 0.5) is 34.1 Å². The van der Waals surface area contributed by atoms with E-state index in [1.807, 2.05) is 16.3 Å². The van der Waals surface area contributed by atoms with E-state index >= 15 is 0 Å². The number of halogens is 4. The molecule has 6 aliphatic rings. The van der Waals surface area contributed by atoms with Crippen molar-refractivity contribution in [2.24, 2.45) is 5.92 Å². The maximum Gasteiger partial charge on any atom is 0.418 e. The molecule has 7 heterocycles. The van der Waals surface area contributed by atoms with Crippen molar-refractivity contribution in [1.29, 1.82) is 0 Å². The SMILES string of the molecule is Nc1c(Br)cc(C[C@@H](NC(=O)N2CCC(N3Cc4sccc4NC3=O)CC2)C(=O)N2CCN(C3CN4CCC3CC4)CC2)cc1C(F)(F)F. The molecule has 0 radical (unpaired) electrons. The number of hydrogen-bond donors (Lipinski definition) is 3. The van der Waals surface area contributed by atoms with E-state index in [0.717, 1.165) is 49.4 Å². The minimum absolute atomic E-state index is 0.0443. The molecule has 16 heteroatoms. The van der Waals surface area contributed by atoms with Crippen LogP contribution in [-0.4, -0.2) is 119 Å². The van der Waals surface area contributed by atoms with Crippen LogP contribution >= 0.6 is 27.3 Å². The Morgan fingerprint density at radius 2 is 1.73 bits per heavy atom. The van der Waals surface area contributed by atoms with Gasteiger partial charge >= 0.3 is 18.2 Å². The van der Waals surface area contributed by atoms with Gasteiger partial charge in [-0.25, -0.2) is 9.59 Å². The second-order valence-corrected chi connectivity index (χ2v) is 15.7. The molecule has 11 nitrogen and oxygen atoms in total. The average Bonchev–Trinajstić information content (AvgIpc) is 3.56. The Kier molecular flexibility index (Phi) is 9.76. The van der Waals surface area contributed by atoms with E-state index in [9.17, 15) is 27.6 Å². The number of hydrogen-bond acceptors (Lipinski definition) is 7. The van der Waals surface area contributed by atoms with Crippen LogP contribution in [0, 0.1) is 5.92 Å². The van der Waals surface area contributed by atoms with E-state index < -0.39 is 29.5 Å². The molecule has 266 valence electrons. The van der Waals surface area contributed by atoms with Crippen molar-refractivity contribution in [2.45, 2.75) is 63.0 Å². The van der Waals surface area contributed by atoms with E-state index in [0.29, 0.717) is 57.5 Å². The highest BCUT2D eigenvalue weighted by Crippen LogP contribution is 2.38. The first-order valence-corrected chi connectivity index (χ1v) is 18.7. The molecule has 49 heavy (non-hydrogen) atoms. The maximum absolute atomic E-state index is 14.1. The van der Waals surface area contributed by atoms with Crippen LogP contribution in [0.25, 0.3) is 0 Å². The number of nitrogens with zero attached hydrogens (tertiary/aromatic N) is 5. The summed E-state index contributed by atoms with van der Waals surface area (Å²) in [5.41, 5.74) is 5.43. The van der Waals surface area contributed by atoms with Crippen molar-refractivity contribution in [1.82, 2.24) is 29.8 Å². The van der Waals surface area contributed by atoms with Gasteiger partial charge in [0.15, 0.2) is 0 Å². The fourth-order valence-corrected chi connectivity index (χ4v) is 9.54. The van der Waals surface area contributed by atoms with E-state index in [4.69, 9.17) is 5.73 Å². The number of likely N-dealkylation sites (tertiary alicyclic amines) is 1. The molecule has 0 aliphatic carbocycles. The number of nitrogen functional groups attached to an aromatic ring is 1. The third-order valence-corrected chi connectivity index (χ3v) is 12.6. The number of alkyl halides is 3. The molecule has 2 aromatic rings. The minimum atomic E-state index is -4.68. The third kappa shape index (κ3) is 7.24. The molecule has 0 spiro atoms. The van der Waals surface area contributed by atoms with Crippen molar-refractivity contribution in [2.75, 3.05) is 70.0 Å². The fourth-order valence-electron chi connectivity index (χ4n) is 8.21. The summed E-state index contributed by atoms with van der Waals surface area (Å²) >= 11 is 4.75. The second kappa shape index (κ2) is 13.9. The van der Waals surface area contributed by atoms with Crippen molar-refractivity contribution in [3.05, 3.63) is 44.1 Å². The van der Waals surface area contributed by atoms with Crippen LogP contribution in [0.1, 0.15) is 41.7 Å². The van der Waals surface area contributed by atoms with Gasteiger partial charge in [-0.3, -0.25) is 9.69 Å². The lowest BCUT2D eigenvalue weighted by Crippen LogP contribution is -2.63. The Labute approximate surface area is 296 Å². The molecule has 1 aromatic heterocycles. The Hall–Kier alpha value is -3.08. The number of piperidine rings is 4. The number of carbonyl (C=O) groups is 3. The lowest BCUT2D eigenvalue weighted by atomic mass is 9.83.